The third-order valence-electron chi connectivity index (χ3n) is 3.35. The highest BCUT2D eigenvalue weighted by atomic mass is 35.5. The number of hydrogen-bond acceptors (Lipinski definition) is 2. The molecule has 0 amide bonds. The number of aliphatic hydroxyl groups is 1. The predicted molar refractivity (Wildman–Crippen MR) is 83.0 cm³/mol. The molecule has 0 saturated heterocycles. The van der Waals surface area contributed by atoms with Crippen molar-refractivity contribution in [2.45, 2.75) is 20.0 Å². The quantitative estimate of drug-likeness (QED) is 0.890. The summed E-state index contributed by atoms with van der Waals surface area (Å²) in [6.07, 6.45) is -0.860. The number of methoxy groups -OCH3 is 1. The van der Waals surface area contributed by atoms with Crippen LogP contribution in [0.2, 0.25) is 10.0 Å². The van der Waals surface area contributed by atoms with Crippen LogP contribution in [0, 0.1) is 13.8 Å². The molecule has 1 unspecified atom stereocenters. The Bertz CT molecular complexity index is 618. The van der Waals surface area contributed by atoms with Gasteiger partial charge in [-0.1, -0.05) is 29.3 Å². The molecule has 2 aromatic rings. The minimum absolute atomic E-state index is 0.456. The van der Waals surface area contributed by atoms with Gasteiger partial charge in [-0.2, -0.15) is 0 Å². The van der Waals surface area contributed by atoms with E-state index >= 15 is 0 Å². The second-order valence-corrected chi connectivity index (χ2v) is 5.53. The first-order chi connectivity index (χ1) is 9.45. The monoisotopic (exact) mass is 310 g/mol. The van der Waals surface area contributed by atoms with Crippen LogP contribution in [-0.2, 0) is 0 Å². The van der Waals surface area contributed by atoms with Crippen LogP contribution in [0.4, 0.5) is 0 Å². The molecule has 2 aromatic carbocycles. The van der Waals surface area contributed by atoms with Crippen LogP contribution >= 0.6 is 23.2 Å². The summed E-state index contributed by atoms with van der Waals surface area (Å²) in [7, 11) is 1.63. The second-order valence-electron chi connectivity index (χ2n) is 4.72. The molecule has 1 atom stereocenters. The van der Waals surface area contributed by atoms with Crippen LogP contribution in [0.25, 0.3) is 0 Å². The van der Waals surface area contributed by atoms with Crippen molar-refractivity contribution < 1.29 is 9.84 Å². The summed E-state index contributed by atoms with van der Waals surface area (Å²) in [5, 5.41) is 11.5. The third kappa shape index (κ3) is 2.78. The molecule has 0 aliphatic carbocycles. The van der Waals surface area contributed by atoms with E-state index in [1.165, 1.54) is 0 Å². The predicted octanol–water partition coefficient (Wildman–Crippen LogP) is 4.70. The zero-order chi connectivity index (χ0) is 14.9. The van der Waals surface area contributed by atoms with E-state index in [4.69, 9.17) is 27.9 Å². The molecule has 0 aromatic heterocycles. The smallest absolute Gasteiger partial charge is 0.122 e. The first-order valence-corrected chi connectivity index (χ1v) is 6.98. The number of aryl methyl sites for hydroxylation is 2. The van der Waals surface area contributed by atoms with Gasteiger partial charge in [-0.15, -0.1) is 0 Å². The lowest BCUT2D eigenvalue weighted by atomic mass is 9.95. The summed E-state index contributed by atoms with van der Waals surface area (Å²) < 4.78 is 5.28. The molecule has 2 nitrogen and oxygen atoms in total. The van der Waals surface area contributed by atoms with E-state index < -0.39 is 6.10 Å². The van der Waals surface area contributed by atoms with Crippen molar-refractivity contribution in [1.29, 1.82) is 0 Å². The number of aliphatic hydroxyl groups excluding tert-OH is 1. The van der Waals surface area contributed by atoms with Gasteiger partial charge in [0.15, 0.2) is 0 Å². The van der Waals surface area contributed by atoms with Crippen molar-refractivity contribution in [1.82, 2.24) is 0 Å². The minimum Gasteiger partial charge on any atom is -0.496 e. The number of hydrogen-bond donors (Lipinski definition) is 1. The van der Waals surface area contributed by atoms with Gasteiger partial charge in [0.1, 0.15) is 11.9 Å². The molecule has 2 rings (SSSR count). The molecule has 0 saturated carbocycles. The molecule has 0 aliphatic rings. The Kier molecular flexibility index (Phi) is 4.59. The molecule has 0 bridgehead atoms. The summed E-state index contributed by atoms with van der Waals surface area (Å²) in [5.41, 5.74) is 3.19. The van der Waals surface area contributed by atoms with Crippen molar-refractivity contribution in [2.75, 3.05) is 7.11 Å². The Morgan fingerprint density at radius 1 is 1.05 bits per heavy atom. The first-order valence-electron chi connectivity index (χ1n) is 6.22. The van der Waals surface area contributed by atoms with E-state index in [0.717, 1.165) is 22.4 Å². The van der Waals surface area contributed by atoms with Gasteiger partial charge in [0, 0.05) is 15.6 Å². The van der Waals surface area contributed by atoms with E-state index in [-0.39, 0.29) is 0 Å². The highest BCUT2D eigenvalue weighted by molar-refractivity contribution is 6.36. The van der Waals surface area contributed by atoms with Crippen LogP contribution < -0.4 is 4.74 Å². The Morgan fingerprint density at radius 2 is 1.65 bits per heavy atom. The lowest BCUT2D eigenvalue weighted by Crippen LogP contribution is -2.05. The largest absolute Gasteiger partial charge is 0.496 e. The lowest BCUT2D eigenvalue weighted by Gasteiger charge is -2.19. The van der Waals surface area contributed by atoms with Gasteiger partial charge in [-0.05, 0) is 54.8 Å². The summed E-state index contributed by atoms with van der Waals surface area (Å²) in [5.74, 6) is 0.795. The standard InChI is InChI=1S/C16H16Cl2O2/c1-9-8-14(20-3)10(2)7-11(9)16(19)15-12(17)5-4-6-13(15)18/h4-8,16,19H,1-3H3. The molecule has 106 valence electrons. The van der Waals surface area contributed by atoms with E-state index in [1.807, 2.05) is 26.0 Å². The van der Waals surface area contributed by atoms with Crippen molar-refractivity contribution >= 4 is 23.2 Å². The van der Waals surface area contributed by atoms with Crippen molar-refractivity contribution in [3.05, 3.63) is 62.6 Å². The van der Waals surface area contributed by atoms with Crippen LogP contribution in [0.15, 0.2) is 30.3 Å². The van der Waals surface area contributed by atoms with Crippen LogP contribution in [0.3, 0.4) is 0 Å². The van der Waals surface area contributed by atoms with Gasteiger partial charge in [-0.25, -0.2) is 0 Å². The van der Waals surface area contributed by atoms with Gasteiger partial charge >= 0.3 is 0 Å². The Morgan fingerprint density at radius 3 is 2.20 bits per heavy atom. The fourth-order valence-corrected chi connectivity index (χ4v) is 2.86. The van der Waals surface area contributed by atoms with Gasteiger partial charge in [0.05, 0.1) is 7.11 Å². The fraction of sp³-hybridized carbons (Fsp3) is 0.250. The van der Waals surface area contributed by atoms with E-state index in [9.17, 15) is 5.11 Å². The summed E-state index contributed by atoms with van der Waals surface area (Å²) in [4.78, 5) is 0. The SMILES string of the molecule is COc1cc(C)c(C(O)c2c(Cl)cccc2Cl)cc1C. The third-order valence-corrected chi connectivity index (χ3v) is 4.01. The number of halogens is 2. The molecule has 0 heterocycles. The van der Waals surface area contributed by atoms with E-state index in [2.05, 4.69) is 0 Å². The maximum absolute atomic E-state index is 10.6. The highest BCUT2D eigenvalue weighted by Gasteiger charge is 2.20. The second kappa shape index (κ2) is 6.04. The van der Waals surface area contributed by atoms with Gasteiger partial charge in [-0.3, -0.25) is 0 Å². The van der Waals surface area contributed by atoms with Crippen LogP contribution in [0.5, 0.6) is 5.75 Å². The van der Waals surface area contributed by atoms with Gasteiger partial charge in [0.2, 0.25) is 0 Å². The average molecular weight is 311 g/mol. The van der Waals surface area contributed by atoms with Crippen molar-refractivity contribution in [2.24, 2.45) is 0 Å². The maximum Gasteiger partial charge on any atom is 0.122 e. The summed E-state index contributed by atoms with van der Waals surface area (Å²) in [6, 6.07) is 9.00. The minimum atomic E-state index is -0.860. The molecule has 0 radical (unpaired) electrons. The lowest BCUT2D eigenvalue weighted by molar-refractivity contribution is 0.219. The molecule has 1 N–H and O–H groups in total. The number of rotatable bonds is 3. The fourth-order valence-electron chi connectivity index (χ4n) is 2.25. The molecule has 0 aliphatic heterocycles. The maximum atomic E-state index is 10.6. The van der Waals surface area contributed by atoms with Crippen molar-refractivity contribution in [3.8, 4) is 5.75 Å². The number of ether oxygens (including phenoxy) is 1. The Balaban J connectivity index is 2.54. The molecular weight excluding hydrogens is 295 g/mol. The average Bonchev–Trinajstić information content (AvgIpc) is 2.40. The summed E-state index contributed by atoms with van der Waals surface area (Å²) in [6.45, 7) is 3.86. The molecular formula is C16H16Cl2O2. The zero-order valence-corrected chi connectivity index (χ0v) is 13.1. The zero-order valence-electron chi connectivity index (χ0n) is 11.6. The normalized spacial score (nSPS) is 12.3. The first kappa shape index (κ1) is 15.2. The molecule has 0 spiro atoms. The van der Waals surface area contributed by atoms with E-state index in [0.29, 0.717) is 15.6 Å². The Labute approximate surface area is 128 Å². The molecule has 4 heteroatoms. The summed E-state index contributed by atoms with van der Waals surface area (Å²) >= 11 is 12.3. The molecule has 0 fully saturated rings. The Hall–Kier alpha value is -1.22. The topological polar surface area (TPSA) is 29.5 Å². The number of benzene rings is 2. The van der Waals surface area contributed by atoms with Crippen molar-refractivity contribution in [3.63, 3.8) is 0 Å². The van der Waals surface area contributed by atoms with Gasteiger partial charge in [0.25, 0.3) is 0 Å². The van der Waals surface area contributed by atoms with E-state index in [1.54, 1.807) is 25.3 Å². The van der Waals surface area contributed by atoms with Gasteiger partial charge < -0.3 is 9.84 Å². The highest BCUT2D eigenvalue weighted by Crippen LogP contribution is 2.36. The van der Waals surface area contributed by atoms with Crippen LogP contribution in [0.1, 0.15) is 28.4 Å². The van der Waals surface area contributed by atoms with Crippen LogP contribution in [-0.4, -0.2) is 12.2 Å². The molecule has 20 heavy (non-hydrogen) atoms.